The van der Waals surface area contributed by atoms with Crippen molar-refractivity contribution >= 4 is 44.0 Å². The molecule has 4 rings (SSSR count). The minimum absolute atomic E-state index is 0.126. The van der Waals surface area contributed by atoms with Crippen molar-refractivity contribution in [3.8, 4) is 5.75 Å². The van der Waals surface area contributed by atoms with E-state index < -0.39 is 27.1 Å². The zero-order valence-electron chi connectivity index (χ0n) is 19.7. The molecule has 4 aromatic rings. The number of anilines is 1. The minimum atomic E-state index is -0.768. The molecule has 36 heavy (non-hydrogen) atoms. The highest BCUT2D eigenvalue weighted by Gasteiger charge is 2.27. The van der Waals surface area contributed by atoms with E-state index in [1.54, 1.807) is 10.7 Å². The summed E-state index contributed by atoms with van der Waals surface area (Å²) in [4.78, 5) is 40.9. The number of thiazole rings is 1. The second-order valence-electron chi connectivity index (χ2n) is 7.89. The standard InChI is InChI=1S/C23H22N6O6S/c1-4-35-19-6-5-7-20-21(19)24-23(36-20)26(8-9-27-15(3)10-14(2)25-27)22(30)16-11-17(28(31)32)13-18(12-16)29(33)34/h5-7,10-13H,4,8-9H2,1-3H3. The SMILES string of the molecule is CCOc1cccc2sc(N(CCn3nc(C)cc3C)C(=O)c3cc([N+](=O)[O-])cc([N+](=O)[O-])c3)nc12. The number of carbonyl (C=O) groups is 1. The van der Waals surface area contributed by atoms with Crippen LogP contribution in [0.25, 0.3) is 10.2 Å². The van der Waals surface area contributed by atoms with Gasteiger partial charge in [0, 0.05) is 24.4 Å². The van der Waals surface area contributed by atoms with Crippen molar-refractivity contribution < 1.29 is 19.4 Å². The smallest absolute Gasteiger partial charge is 0.277 e. The van der Waals surface area contributed by atoms with Crippen molar-refractivity contribution in [2.75, 3.05) is 18.1 Å². The van der Waals surface area contributed by atoms with Crippen molar-refractivity contribution in [2.45, 2.75) is 27.3 Å². The molecule has 0 radical (unpaired) electrons. The summed E-state index contributed by atoms with van der Waals surface area (Å²) in [5, 5.41) is 27.5. The molecule has 2 aromatic carbocycles. The number of benzene rings is 2. The number of nitro benzene ring substituents is 2. The Morgan fingerprint density at radius 3 is 2.39 bits per heavy atom. The van der Waals surface area contributed by atoms with E-state index in [0.29, 0.717) is 29.5 Å². The summed E-state index contributed by atoms with van der Waals surface area (Å²) in [5.41, 5.74) is 1.01. The summed E-state index contributed by atoms with van der Waals surface area (Å²) < 4.78 is 8.19. The number of non-ortho nitro benzene ring substituents is 2. The first-order chi connectivity index (χ1) is 17.2. The Labute approximate surface area is 209 Å². The lowest BCUT2D eigenvalue weighted by Crippen LogP contribution is -2.34. The molecule has 13 heteroatoms. The highest BCUT2D eigenvalue weighted by Crippen LogP contribution is 2.35. The van der Waals surface area contributed by atoms with E-state index in [1.807, 2.05) is 39.0 Å². The van der Waals surface area contributed by atoms with Crippen LogP contribution in [0.1, 0.15) is 28.7 Å². The fourth-order valence-electron chi connectivity index (χ4n) is 3.76. The summed E-state index contributed by atoms with van der Waals surface area (Å²) in [6, 6.07) is 10.2. The van der Waals surface area contributed by atoms with Gasteiger partial charge in [-0.1, -0.05) is 17.4 Å². The fourth-order valence-corrected chi connectivity index (χ4v) is 4.77. The molecule has 2 heterocycles. The Balaban J connectivity index is 1.79. The van der Waals surface area contributed by atoms with Gasteiger partial charge >= 0.3 is 0 Å². The number of rotatable bonds is 9. The molecular formula is C23H22N6O6S. The van der Waals surface area contributed by atoms with Gasteiger partial charge < -0.3 is 4.74 Å². The number of nitro groups is 2. The molecule has 0 spiro atoms. The largest absolute Gasteiger partial charge is 0.492 e. The topological polar surface area (TPSA) is 147 Å². The zero-order valence-corrected chi connectivity index (χ0v) is 20.5. The van der Waals surface area contributed by atoms with Crippen LogP contribution in [0.15, 0.2) is 42.5 Å². The quantitative estimate of drug-likeness (QED) is 0.233. The van der Waals surface area contributed by atoms with Crippen molar-refractivity contribution in [3.63, 3.8) is 0 Å². The number of nitrogens with zero attached hydrogens (tertiary/aromatic N) is 6. The van der Waals surface area contributed by atoms with Crippen molar-refractivity contribution in [1.29, 1.82) is 0 Å². The third-order valence-corrected chi connectivity index (χ3v) is 6.40. The highest BCUT2D eigenvalue weighted by molar-refractivity contribution is 7.22. The molecule has 2 aromatic heterocycles. The monoisotopic (exact) mass is 510 g/mol. The fraction of sp³-hybridized carbons (Fsp3) is 0.261. The first kappa shape index (κ1) is 24.7. The van der Waals surface area contributed by atoms with Gasteiger partial charge in [-0.2, -0.15) is 5.10 Å². The van der Waals surface area contributed by atoms with Gasteiger partial charge in [0.15, 0.2) is 5.13 Å². The average Bonchev–Trinajstić information content (AvgIpc) is 3.41. The molecule has 186 valence electrons. The van der Waals surface area contributed by atoms with Crippen LogP contribution < -0.4 is 9.64 Å². The molecule has 12 nitrogen and oxygen atoms in total. The molecule has 0 aliphatic heterocycles. The Morgan fingerprint density at radius 1 is 1.11 bits per heavy atom. The van der Waals surface area contributed by atoms with Crippen molar-refractivity contribution in [1.82, 2.24) is 14.8 Å². The van der Waals surface area contributed by atoms with Gasteiger partial charge in [0.25, 0.3) is 17.3 Å². The van der Waals surface area contributed by atoms with Crippen LogP contribution in [0.4, 0.5) is 16.5 Å². The summed E-state index contributed by atoms with van der Waals surface area (Å²) >= 11 is 1.25. The zero-order chi connectivity index (χ0) is 26.0. The Morgan fingerprint density at radius 2 is 1.81 bits per heavy atom. The van der Waals surface area contributed by atoms with Gasteiger partial charge in [-0.15, -0.1) is 0 Å². The number of fused-ring (bicyclic) bond motifs is 1. The number of amides is 1. The van der Waals surface area contributed by atoms with E-state index in [-0.39, 0.29) is 12.1 Å². The van der Waals surface area contributed by atoms with Crippen LogP contribution in [-0.2, 0) is 6.54 Å². The molecule has 0 atom stereocenters. The van der Waals surface area contributed by atoms with Crippen molar-refractivity contribution in [2.24, 2.45) is 0 Å². The van der Waals surface area contributed by atoms with Crippen LogP contribution in [0, 0.1) is 34.1 Å². The lowest BCUT2D eigenvalue weighted by molar-refractivity contribution is -0.394. The van der Waals surface area contributed by atoms with Crippen LogP contribution in [0.5, 0.6) is 5.75 Å². The first-order valence-corrected chi connectivity index (χ1v) is 11.8. The molecule has 1 amide bonds. The molecular weight excluding hydrogens is 488 g/mol. The van der Waals surface area contributed by atoms with E-state index in [2.05, 4.69) is 10.1 Å². The predicted octanol–water partition coefficient (Wildman–Crippen LogP) is 4.67. The van der Waals surface area contributed by atoms with Crippen LogP contribution in [0.3, 0.4) is 0 Å². The third-order valence-electron chi connectivity index (χ3n) is 5.36. The van der Waals surface area contributed by atoms with E-state index in [0.717, 1.165) is 34.3 Å². The molecule has 0 saturated carbocycles. The van der Waals surface area contributed by atoms with Crippen molar-refractivity contribution in [3.05, 3.63) is 79.6 Å². The molecule has 0 fully saturated rings. The molecule has 0 unspecified atom stereocenters. The molecule has 0 N–H and O–H groups in total. The van der Waals surface area contributed by atoms with Gasteiger partial charge in [0.05, 0.1) is 45.0 Å². The van der Waals surface area contributed by atoms with Gasteiger partial charge in [-0.25, -0.2) is 4.98 Å². The number of carbonyl (C=O) groups excluding carboxylic acids is 1. The number of hydrogen-bond acceptors (Lipinski definition) is 9. The third kappa shape index (κ3) is 5.00. The van der Waals surface area contributed by atoms with E-state index >= 15 is 0 Å². The lowest BCUT2D eigenvalue weighted by atomic mass is 10.1. The molecule has 0 aliphatic carbocycles. The minimum Gasteiger partial charge on any atom is -0.492 e. The van der Waals surface area contributed by atoms with E-state index in [4.69, 9.17) is 4.74 Å². The second kappa shape index (κ2) is 10.1. The first-order valence-electron chi connectivity index (χ1n) is 11.0. The molecule has 0 saturated heterocycles. The average molecular weight is 511 g/mol. The van der Waals surface area contributed by atoms with Crippen LogP contribution in [-0.4, -0.2) is 43.7 Å². The number of aromatic nitrogens is 3. The molecule has 0 bridgehead atoms. The van der Waals surface area contributed by atoms with Gasteiger partial charge in [0.2, 0.25) is 0 Å². The maximum absolute atomic E-state index is 13.7. The van der Waals surface area contributed by atoms with Gasteiger partial charge in [-0.05, 0) is 39.0 Å². The number of aryl methyl sites for hydroxylation is 2. The lowest BCUT2D eigenvalue weighted by Gasteiger charge is -2.20. The normalized spacial score (nSPS) is 11.0. The summed E-state index contributed by atoms with van der Waals surface area (Å²) in [6.07, 6.45) is 0. The van der Waals surface area contributed by atoms with Crippen LogP contribution >= 0.6 is 11.3 Å². The predicted molar refractivity (Wildman–Crippen MR) is 134 cm³/mol. The summed E-state index contributed by atoms with van der Waals surface area (Å²) in [6.45, 7) is 6.48. The van der Waals surface area contributed by atoms with E-state index in [9.17, 15) is 25.0 Å². The Hall–Kier alpha value is -4.39. The number of hydrogen-bond donors (Lipinski definition) is 0. The number of para-hydroxylation sites is 1. The Bertz CT molecular complexity index is 1450. The highest BCUT2D eigenvalue weighted by atomic mass is 32.1. The maximum atomic E-state index is 13.7. The number of ether oxygens (including phenoxy) is 1. The maximum Gasteiger partial charge on any atom is 0.277 e. The Kier molecular flexibility index (Phi) is 6.92. The van der Waals surface area contributed by atoms with Gasteiger partial charge in [0.1, 0.15) is 11.3 Å². The second-order valence-corrected chi connectivity index (χ2v) is 8.90. The summed E-state index contributed by atoms with van der Waals surface area (Å²) in [7, 11) is 0. The molecule has 0 aliphatic rings. The van der Waals surface area contributed by atoms with Gasteiger partial charge in [-0.3, -0.25) is 34.6 Å². The van der Waals surface area contributed by atoms with Crippen LogP contribution in [0.2, 0.25) is 0 Å². The summed E-state index contributed by atoms with van der Waals surface area (Å²) in [5.74, 6) is -0.0882. The van der Waals surface area contributed by atoms with E-state index in [1.165, 1.54) is 16.2 Å².